The molecular weight excluding hydrogens is 438 g/mol. The minimum absolute atomic E-state index is 0.465. The van der Waals surface area contributed by atoms with Crippen LogP contribution in [0.4, 0.5) is 0 Å². The number of nitrogens with zero attached hydrogens (tertiary/aromatic N) is 2. The fourth-order valence-electron chi connectivity index (χ4n) is 1.29. The summed E-state index contributed by atoms with van der Waals surface area (Å²) in [4.78, 5) is 8.65. The van der Waals surface area contributed by atoms with Gasteiger partial charge in [-0.1, -0.05) is 23.2 Å². The monoisotopic (exact) mass is 442 g/mol. The van der Waals surface area contributed by atoms with Crippen molar-refractivity contribution in [1.82, 2.24) is 9.97 Å². The average molecular weight is 444 g/mol. The van der Waals surface area contributed by atoms with Crippen LogP contribution in [0.5, 0.6) is 0 Å². The Labute approximate surface area is 131 Å². The van der Waals surface area contributed by atoms with Gasteiger partial charge in [0.25, 0.3) is 0 Å². The van der Waals surface area contributed by atoms with Crippen LogP contribution in [0.2, 0.25) is 10.2 Å². The number of benzene rings is 1. The summed E-state index contributed by atoms with van der Waals surface area (Å²) in [6, 6.07) is 5.57. The highest BCUT2D eigenvalue weighted by Gasteiger charge is 2.10. The van der Waals surface area contributed by atoms with Crippen LogP contribution in [0.25, 0.3) is 11.4 Å². The van der Waals surface area contributed by atoms with Gasteiger partial charge in [-0.3, -0.25) is 0 Å². The maximum absolute atomic E-state index is 6.04. The van der Waals surface area contributed by atoms with Crippen molar-refractivity contribution < 1.29 is 0 Å². The standard InChI is InChI=1S/C11H6BrCl2IN2/c1-5-9(15)10(14)17-11(16-5)6-2-3-7(12)8(13)4-6/h2-4H,1H3. The van der Waals surface area contributed by atoms with Gasteiger partial charge in [0.1, 0.15) is 5.15 Å². The Bertz CT molecular complexity index is 567. The number of hydrogen-bond acceptors (Lipinski definition) is 2. The van der Waals surface area contributed by atoms with Crippen LogP contribution >= 0.6 is 61.7 Å². The largest absolute Gasteiger partial charge is 0.232 e. The molecule has 1 aromatic heterocycles. The van der Waals surface area contributed by atoms with Crippen molar-refractivity contribution in [3.05, 3.63) is 42.1 Å². The van der Waals surface area contributed by atoms with Crippen molar-refractivity contribution in [3.63, 3.8) is 0 Å². The summed E-state index contributed by atoms with van der Waals surface area (Å²) in [5.74, 6) is 0.585. The zero-order chi connectivity index (χ0) is 12.6. The van der Waals surface area contributed by atoms with Crippen LogP contribution in [0.15, 0.2) is 22.7 Å². The van der Waals surface area contributed by atoms with E-state index in [1.165, 1.54) is 0 Å². The van der Waals surface area contributed by atoms with Crippen molar-refractivity contribution in [2.75, 3.05) is 0 Å². The van der Waals surface area contributed by atoms with Crippen LogP contribution in [0.3, 0.4) is 0 Å². The van der Waals surface area contributed by atoms with Gasteiger partial charge in [0, 0.05) is 10.0 Å². The number of aryl methyl sites for hydroxylation is 1. The molecule has 0 aliphatic heterocycles. The van der Waals surface area contributed by atoms with Gasteiger partial charge >= 0.3 is 0 Å². The Morgan fingerprint density at radius 2 is 1.94 bits per heavy atom. The Hall–Kier alpha value is 0.0900. The first-order valence-electron chi connectivity index (χ1n) is 4.64. The number of halogens is 4. The molecule has 0 atom stereocenters. The summed E-state index contributed by atoms with van der Waals surface area (Å²) in [6.07, 6.45) is 0. The highest BCUT2D eigenvalue weighted by Crippen LogP contribution is 2.29. The van der Waals surface area contributed by atoms with Crippen LogP contribution in [0, 0.1) is 10.5 Å². The van der Waals surface area contributed by atoms with E-state index in [4.69, 9.17) is 23.2 Å². The fraction of sp³-hybridized carbons (Fsp3) is 0.0909. The highest BCUT2D eigenvalue weighted by molar-refractivity contribution is 14.1. The lowest BCUT2D eigenvalue weighted by Gasteiger charge is -2.06. The first-order valence-corrected chi connectivity index (χ1v) is 7.27. The Kier molecular flexibility index (Phi) is 4.28. The first-order chi connectivity index (χ1) is 7.99. The van der Waals surface area contributed by atoms with Gasteiger partial charge in [-0.25, -0.2) is 9.97 Å². The summed E-state index contributed by atoms with van der Waals surface area (Å²) in [5.41, 5.74) is 1.71. The number of hydrogen-bond donors (Lipinski definition) is 0. The minimum Gasteiger partial charge on any atom is -0.232 e. The minimum atomic E-state index is 0.465. The molecule has 0 spiro atoms. The van der Waals surface area contributed by atoms with Crippen molar-refractivity contribution in [2.45, 2.75) is 6.92 Å². The molecule has 0 unspecified atom stereocenters. The summed E-state index contributed by atoms with van der Waals surface area (Å²) in [5, 5.41) is 1.09. The Morgan fingerprint density at radius 1 is 1.24 bits per heavy atom. The molecule has 0 radical (unpaired) electrons. The summed E-state index contributed by atoms with van der Waals surface area (Å²) in [7, 11) is 0. The molecular formula is C11H6BrCl2IN2. The lowest BCUT2D eigenvalue weighted by atomic mass is 10.2. The molecule has 0 saturated carbocycles. The van der Waals surface area contributed by atoms with E-state index in [1.807, 2.05) is 25.1 Å². The Balaban J connectivity index is 2.57. The van der Waals surface area contributed by atoms with Gasteiger partial charge in [0.15, 0.2) is 5.82 Å². The second-order valence-corrected chi connectivity index (χ2v) is 6.06. The van der Waals surface area contributed by atoms with Gasteiger partial charge in [-0.2, -0.15) is 0 Å². The van der Waals surface area contributed by atoms with Crippen molar-refractivity contribution in [2.24, 2.45) is 0 Å². The molecule has 1 heterocycles. The molecule has 0 bridgehead atoms. The Morgan fingerprint density at radius 3 is 2.53 bits per heavy atom. The fourth-order valence-corrected chi connectivity index (χ4v) is 2.17. The molecule has 2 aromatic rings. The number of aromatic nitrogens is 2. The van der Waals surface area contributed by atoms with E-state index in [0.29, 0.717) is 16.0 Å². The lowest BCUT2D eigenvalue weighted by molar-refractivity contribution is 1.09. The molecule has 6 heteroatoms. The molecule has 0 aliphatic carbocycles. The third-order valence-corrected chi connectivity index (χ3v) is 5.27. The molecule has 1 aromatic carbocycles. The molecule has 0 amide bonds. The van der Waals surface area contributed by atoms with Crippen LogP contribution < -0.4 is 0 Å². The van der Waals surface area contributed by atoms with E-state index in [0.717, 1.165) is 19.3 Å². The van der Waals surface area contributed by atoms with Crippen molar-refractivity contribution >= 4 is 61.7 Å². The summed E-state index contributed by atoms with van der Waals surface area (Å²) in [6.45, 7) is 1.90. The molecule has 88 valence electrons. The molecule has 2 nitrogen and oxygen atoms in total. The van der Waals surface area contributed by atoms with Gasteiger partial charge in [-0.05, 0) is 63.6 Å². The van der Waals surface area contributed by atoms with E-state index in [9.17, 15) is 0 Å². The van der Waals surface area contributed by atoms with E-state index in [2.05, 4.69) is 48.5 Å². The van der Waals surface area contributed by atoms with Gasteiger partial charge in [0.05, 0.1) is 14.3 Å². The van der Waals surface area contributed by atoms with E-state index in [-0.39, 0.29) is 0 Å². The zero-order valence-electron chi connectivity index (χ0n) is 8.64. The maximum Gasteiger partial charge on any atom is 0.161 e. The van der Waals surface area contributed by atoms with Crippen molar-refractivity contribution in [1.29, 1.82) is 0 Å². The van der Waals surface area contributed by atoms with E-state index in [1.54, 1.807) is 0 Å². The average Bonchev–Trinajstić information content (AvgIpc) is 2.29. The first kappa shape index (κ1) is 13.5. The second-order valence-electron chi connectivity index (χ2n) is 3.37. The quantitative estimate of drug-likeness (QED) is 0.451. The predicted octanol–water partition coefficient (Wildman–Crippen LogP) is 5.13. The molecule has 0 aliphatic rings. The van der Waals surface area contributed by atoms with Crippen LogP contribution in [0.1, 0.15) is 5.69 Å². The molecule has 17 heavy (non-hydrogen) atoms. The van der Waals surface area contributed by atoms with Crippen LogP contribution in [-0.4, -0.2) is 9.97 Å². The normalized spacial score (nSPS) is 10.6. The third kappa shape index (κ3) is 2.92. The topological polar surface area (TPSA) is 25.8 Å². The summed E-state index contributed by atoms with van der Waals surface area (Å²) < 4.78 is 1.72. The molecule has 0 fully saturated rings. The predicted molar refractivity (Wildman–Crippen MR) is 82.6 cm³/mol. The smallest absolute Gasteiger partial charge is 0.161 e. The second kappa shape index (κ2) is 5.38. The summed E-state index contributed by atoms with van der Waals surface area (Å²) >= 11 is 17.5. The molecule has 0 saturated heterocycles. The van der Waals surface area contributed by atoms with Crippen molar-refractivity contribution in [3.8, 4) is 11.4 Å². The molecule has 0 N–H and O–H groups in total. The zero-order valence-corrected chi connectivity index (χ0v) is 13.9. The SMILES string of the molecule is Cc1nc(-c2ccc(Br)c(Cl)c2)nc(Cl)c1I. The maximum atomic E-state index is 6.04. The van der Waals surface area contributed by atoms with Gasteiger partial charge in [-0.15, -0.1) is 0 Å². The van der Waals surface area contributed by atoms with Gasteiger partial charge in [0.2, 0.25) is 0 Å². The highest BCUT2D eigenvalue weighted by atomic mass is 127. The lowest BCUT2D eigenvalue weighted by Crippen LogP contribution is -1.96. The molecule has 2 rings (SSSR count). The third-order valence-electron chi connectivity index (χ3n) is 2.15. The van der Waals surface area contributed by atoms with Gasteiger partial charge < -0.3 is 0 Å². The van der Waals surface area contributed by atoms with Crippen LogP contribution in [-0.2, 0) is 0 Å². The van der Waals surface area contributed by atoms with E-state index < -0.39 is 0 Å². The number of rotatable bonds is 1. The van der Waals surface area contributed by atoms with E-state index >= 15 is 0 Å².